The Bertz CT molecular complexity index is 266. The number of carbonyl (C=O) groups is 1. The van der Waals surface area contributed by atoms with E-state index in [-0.39, 0.29) is 16.9 Å². The maximum atomic E-state index is 11.5. The summed E-state index contributed by atoms with van der Waals surface area (Å²) in [5.41, 5.74) is 0. The van der Waals surface area contributed by atoms with E-state index in [0.717, 1.165) is 25.0 Å². The zero-order valence-electron chi connectivity index (χ0n) is 11.7. The number of aliphatic hydroxyl groups is 1. The molecule has 0 heterocycles. The first kappa shape index (κ1) is 15.6. The van der Waals surface area contributed by atoms with Crippen molar-refractivity contribution in [1.29, 1.82) is 0 Å². The fourth-order valence-corrected chi connectivity index (χ4v) is 2.87. The summed E-state index contributed by atoms with van der Waals surface area (Å²) < 4.78 is 0.248. The Morgan fingerprint density at radius 3 is 2.61 bits per heavy atom. The van der Waals surface area contributed by atoms with Crippen LogP contribution in [0.3, 0.4) is 0 Å². The lowest BCUT2D eigenvalue weighted by molar-refractivity contribution is 0.177. The molecule has 0 aromatic carbocycles. The number of hydrogen-bond donors (Lipinski definition) is 3. The summed E-state index contributed by atoms with van der Waals surface area (Å²) in [4.78, 5) is 11.5. The van der Waals surface area contributed by atoms with Crippen molar-refractivity contribution in [3.63, 3.8) is 0 Å². The number of amides is 2. The number of aliphatic hydroxyl groups excluding tert-OH is 1. The molecular weight excluding hydrogens is 248 g/mol. The van der Waals surface area contributed by atoms with Gasteiger partial charge in [-0.25, -0.2) is 4.79 Å². The van der Waals surface area contributed by atoms with Crippen molar-refractivity contribution in [1.82, 2.24) is 10.6 Å². The van der Waals surface area contributed by atoms with Gasteiger partial charge in [0.15, 0.2) is 0 Å². The normalized spacial score (nSPS) is 24.0. The first-order chi connectivity index (χ1) is 8.37. The third kappa shape index (κ3) is 7.11. The van der Waals surface area contributed by atoms with Crippen LogP contribution in [0.15, 0.2) is 0 Å². The highest BCUT2D eigenvalue weighted by Crippen LogP contribution is 2.24. The molecule has 1 rings (SSSR count). The van der Waals surface area contributed by atoms with Gasteiger partial charge in [0, 0.05) is 23.6 Å². The Hall–Kier alpha value is -0.420. The van der Waals surface area contributed by atoms with Crippen molar-refractivity contribution in [2.24, 2.45) is 5.92 Å². The van der Waals surface area contributed by atoms with Crippen LogP contribution in [0.25, 0.3) is 0 Å². The van der Waals surface area contributed by atoms with Gasteiger partial charge in [-0.2, -0.15) is 11.8 Å². The Kier molecular flexibility index (Phi) is 6.29. The smallest absolute Gasteiger partial charge is 0.314 e. The summed E-state index contributed by atoms with van der Waals surface area (Å²) in [5.74, 6) is 1.37. The van der Waals surface area contributed by atoms with Gasteiger partial charge < -0.3 is 15.7 Å². The molecule has 2 atom stereocenters. The summed E-state index contributed by atoms with van der Waals surface area (Å²) >= 11 is 1.84. The van der Waals surface area contributed by atoms with Gasteiger partial charge in [0.1, 0.15) is 0 Å². The van der Waals surface area contributed by atoms with Gasteiger partial charge in [0.2, 0.25) is 0 Å². The summed E-state index contributed by atoms with van der Waals surface area (Å²) in [5, 5.41) is 15.1. The molecule has 18 heavy (non-hydrogen) atoms. The van der Waals surface area contributed by atoms with Crippen LogP contribution in [-0.4, -0.2) is 40.8 Å². The minimum atomic E-state index is -0.164. The van der Waals surface area contributed by atoms with Crippen molar-refractivity contribution in [3.8, 4) is 0 Å². The van der Waals surface area contributed by atoms with Gasteiger partial charge in [-0.05, 0) is 25.2 Å². The number of rotatable bonds is 5. The number of carbonyl (C=O) groups excluding carboxylic acids is 1. The van der Waals surface area contributed by atoms with Crippen LogP contribution in [0, 0.1) is 5.92 Å². The van der Waals surface area contributed by atoms with E-state index in [1.807, 2.05) is 11.8 Å². The molecule has 3 N–H and O–H groups in total. The third-order valence-electron chi connectivity index (χ3n) is 2.99. The maximum absolute atomic E-state index is 11.5. The molecule has 1 fully saturated rings. The fraction of sp³-hybridized carbons (Fsp3) is 0.923. The maximum Gasteiger partial charge on any atom is 0.314 e. The van der Waals surface area contributed by atoms with E-state index in [1.54, 1.807) is 0 Å². The molecule has 0 saturated heterocycles. The minimum absolute atomic E-state index is 0.0918. The van der Waals surface area contributed by atoms with Crippen LogP contribution in [0.5, 0.6) is 0 Å². The van der Waals surface area contributed by atoms with E-state index in [4.69, 9.17) is 0 Å². The van der Waals surface area contributed by atoms with Crippen LogP contribution in [-0.2, 0) is 0 Å². The van der Waals surface area contributed by atoms with Gasteiger partial charge >= 0.3 is 6.03 Å². The molecule has 0 aromatic heterocycles. The topological polar surface area (TPSA) is 61.4 Å². The summed E-state index contributed by atoms with van der Waals surface area (Å²) in [6.07, 6.45) is 2.54. The highest BCUT2D eigenvalue weighted by molar-refractivity contribution is 8.00. The summed E-state index contributed by atoms with van der Waals surface area (Å²) in [6.45, 7) is 7.88. The second kappa shape index (κ2) is 7.24. The van der Waals surface area contributed by atoms with Gasteiger partial charge in [0.25, 0.3) is 0 Å². The quantitative estimate of drug-likeness (QED) is 0.672. The van der Waals surface area contributed by atoms with Crippen LogP contribution in [0.4, 0.5) is 4.79 Å². The first-order valence-corrected chi connectivity index (χ1v) is 7.69. The van der Waals surface area contributed by atoms with Crippen molar-refractivity contribution in [2.45, 2.75) is 50.9 Å². The van der Waals surface area contributed by atoms with Crippen LogP contribution >= 0.6 is 11.8 Å². The van der Waals surface area contributed by atoms with Crippen molar-refractivity contribution >= 4 is 17.8 Å². The third-order valence-corrected chi connectivity index (χ3v) is 4.26. The molecule has 1 aliphatic carbocycles. The van der Waals surface area contributed by atoms with Crippen LogP contribution < -0.4 is 10.6 Å². The zero-order chi connectivity index (χ0) is 13.6. The number of hydrogen-bond acceptors (Lipinski definition) is 3. The lowest BCUT2D eigenvalue weighted by Crippen LogP contribution is -2.39. The molecule has 0 spiro atoms. The summed E-state index contributed by atoms with van der Waals surface area (Å²) in [6, 6.07) is -0.0918. The molecule has 106 valence electrons. The van der Waals surface area contributed by atoms with Crippen LogP contribution in [0.2, 0.25) is 0 Å². The molecule has 4 nitrogen and oxygen atoms in total. The van der Waals surface area contributed by atoms with Gasteiger partial charge in [-0.1, -0.05) is 20.8 Å². The lowest BCUT2D eigenvalue weighted by atomic mass is 10.1. The number of urea groups is 1. The Labute approximate surface area is 114 Å². The van der Waals surface area contributed by atoms with Crippen molar-refractivity contribution in [2.75, 3.05) is 18.8 Å². The molecule has 0 unspecified atom stereocenters. The van der Waals surface area contributed by atoms with Crippen molar-refractivity contribution < 1.29 is 9.90 Å². The van der Waals surface area contributed by atoms with E-state index >= 15 is 0 Å². The van der Waals surface area contributed by atoms with E-state index in [0.29, 0.717) is 19.0 Å². The van der Waals surface area contributed by atoms with Crippen molar-refractivity contribution in [3.05, 3.63) is 0 Å². The highest BCUT2D eigenvalue weighted by atomic mass is 32.2. The predicted octanol–water partition coefficient (Wildman–Crippen LogP) is 1.98. The molecule has 2 amide bonds. The molecule has 1 aliphatic rings. The lowest BCUT2D eigenvalue weighted by Gasteiger charge is -2.17. The first-order valence-electron chi connectivity index (χ1n) is 6.70. The molecule has 5 heteroatoms. The Balaban J connectivity index is 2.00. The highest BCUT2D eigenvalue weighted by Gasteiger charge is 2.22. The largest absolute Gasteiger partial charge is 0.393 e. The Morgan fingerprint density at radius 2 is 2.06 bits per heavy atom. The molecule has 0 aliphatic heterocycles. The minimum Gasteiger partial charge on any atom is -0.393 e. The second-order valence-electron chi connectivity index (χ2n) is 5.93. The standard InChI is InChI=1S/C13H26N2O2S/c1-13(2,3)18-7-6-14-12(17)15-9-10-4-5-11(16)8-10/h10-11,16H,4-9H2,1-3H3,(H2,14,15,17)/t10-,11+/m0/s1. The fourth-order valence-electron chi connectivity index (χ4n) is 2.06. The Morgan fingerprint density at radius 1 is 1.33 bits per heavy atom. The van der Waals surface area contributed by atoms with Crippen LogP contribution in [0.1, 0.15) is 40.0 Å². The average Bonchev–Trinajstić information content (AvgIpc) is 2.66. The van der Waals surface area contributed by atoms with Gasteiger partial charge in [-0.15, -0.1) is 0 Å². The molecule has 0 radical (unpaired) electrons. The van der Waals surface area contributed by atoms with Gasteiger partial charge in [0.05, 0.1) is 6.10 Å². The summed E-state index contributed by atoms with van der Waals surface area (Å²) in [7, 11) is 0. The second-order valence-corrected chi connectivity index (χ2v) is 7.85. The number of thioether (sulfide) groups is 1. The van der Waals surface area contributed by atoms with E-state index < -0.39 is 0 Å². The average molecular weight is 274 g/mol. The SMILES string of the molecule is CC(C)(C)SCCNC(=O)NC[C@H]1CC[C@@H](O)C1. The zero-order valence-corrected chi connectivity index (χ0v) is 12.5. The monoisotopic (exact) mass is 274 g/mol. The molecular formula is C13H26N2O2S. The molecule has 0 aromatic rings. The number of nitrogens with one attached hydrogen (secondary N) is 2. The van der Waals surface area contributed by atoms with Gasteiger partial charge in [-0.3, -0.25) is 0 Å². The van der Waals surface area contributed by atoms with E-state index in [1.165, 1.54) is 0 Å². The van der Waals surface area contributed by atoms with E-state index in [9.17, 15) is 9.90 Å². The predicted molar refractivity (Wildman–Crippen MR) is 77.0 cm³/mol. The molecule has 0 bridgehead atoms. The van der Waals surface area contributed by atoms with E-state index in [2.05, 4.69) is 31.4 Å². The molecule has 1 saturated carbocycles.